The highest BCUT2D eigenvalue weighted by Gasteiger charge is 2.09. The largest absolute Gasteiger partial charge is 0.345 e. The number of hydrazine groups is 1. The van der Waals surface area contributed by atoms with E-state index in [0.717, 1.165) is 0 Å². The molecule has 0 fully saturated rings. The Morgan fingerprint density at radius 2 is 2.26 bits per heavy atom. The molecule has 0 aliphatic rings. The third-order valence-corrected chi connectivity index (χ3v) is 2.58. The van der Waals surface area contributed by atoms with E-state index in [1.54, 1.807) is 30.0 Å². The van der Waals surface area contributed by atoms with E-state index < -0.39 is 0 Å². The highest BCUT2D eigenvalue weighted by atomic mass is 16.1. The zero-order valence-corrected chi connectivity index (χ0v) is 10.7. The second-order valence-corrected chi connectivity index (χ2v) is 4.07. The number of aryl methyl sites for hydroxylation is 2. The van der Waals surface area contributed by atoms with Crippen LogP contribution in [0.15, 0.2) is 18.5 Å². The maximum atomic E-state index is 12.0. The lowest BCUT2D eigenvalue weighted by atomic mass is 10.2. The van der Waals surface area contributed by atoms with Crippen molar-refractivity contribution in [2.45, 2.75) is 13.5 Å². The number of aromatic nitrogens is 4. The number of hydrogen-bond donors (Lipinski definition) is 3. The summed E-state index contributed by atoms with van der Waals surface area (Å²) >= 11 is 0. The Balaban J connectivity index is 2.08. The van der Waals surface area contributed by atoms with Crippen molar-refractivity contribution in [1.29, 1.82) is 0 Å². The second kappa shape index (κ2) is 5.44. The average Bonchev–Trinajstić information content (AvgIpc) is 2.80. The molecule has 4 N–H and O–H groups in total. The summed E-state index contributed by atoms with van der Waals surface area (Å²) in [6.07, 6.45) is 1.58. The van der Waals surface area contributed by atoms with Crippen molar-refractivity contribution in [3.63, 3.8) is 0 Å². The minimum absolute atomic E-state index is 0.218. The lowest BCUT2D eigenvalue weighted by Crippen LogP contribution is -2.25. The van der Waals surface area contributed by atoms with Crippen molar-refractivity contribution in [2.24, 2.45) is 12.9 Å². The Hall–Kier alpha value is -2.48. The van der Waals surface area contributed by atoms with Gasteiger partial charge < -0.3 is 15.3 Å². The van der Waals surface area contributed by atoms with Gasteiger partial charge in [-0.3, -0.25) is 4.79 Å². The van der Waals surface area contributed by atoms with Crippen molar-refractivity contribution in [3.05, 3.63) is 35.5 Å². The number of amides is 1. The molecule has 0 spiro atoms. The molecule has 1 amide bonds. The van der Waals surface area contributed by atoms with Crippen LogP contribution in [0.4, 0.5) is 5.82 Å². The number of carbonyl (C=O) groups is 1. The molecule has 0 radical (unpaired) electrons. The van der Waals surface area contributed by atoms with Gasteiger partial charge in [-0.2, -0.15) is 0 Å². The van der Waals surface area contributed by atoms with Crippen LogP contribution in [0.1, 0.15) is 21.9 Å². The summed E-state index contributed by atoms with van der Waals surface area (Å²) in [6, 6.07) is 3.27. The Morgan fingerprint density at radius 1 is 1.47 bits per heavy atom. The standard InChI is InChI=1S/C11H15N7O/c1-7-3-8(4-9(15-7)16-12)11(19)13-5-10-17-14-6-18(10)2/h3-4,6H,5,12H2,1-2H3,(H,13,19)(H,15,16). The minimum Gasteiger partial charge on any atom is -0.345 e. The van der Waals surface area contributed by atoms with E-state index in [1.165, 1.54) is 0 Å². The van der Waals surface area contributed by atoms with Crippen molar-refractivity contribution in [3.8, 4) is 0 Å². The molecule has 0 unspecified atom stereocenters. The van der Waals surface area contributed by atoms with Gasteiger partial charge in [0.25, 0.3) is 5.91 Å². The summed E-state index contributed by atoms with van der Waals surface area (Å²) in [5, 5.41) is 10.4. The molecule has 100 valence electrons. The molecule has 2 aromatic heterocycles. The van der Waals surface area contributed by atoms with E-state index in [1.807, 2.05) is 7.05 Å². The van der Waals surface area contributed by atoms with E-state index in [4.69, 9.17) is 5.84 Å². The van der Waals surface area contributed by atoms with E-state index in [0.29, 0.717) is 29.4 Å². The van der Waals surface area contributed by atoms with Crippen LogP contribution in [-0.2, 0) is 13.6 Å². The van der Waals surface area contributed by atoms with Gasteiger partial charge >= 0.3 is 0 Å². The van der Waals surface area contributed by atoms with Gasteiger partial charge in [0.05, 0.1) is 6.54 Å². The molecule has 0 saturated carbocycles. The molecular formula is C11H15N7O. The number of hydrogen-bond acceptors (Lipinski definition) is 6. The maximum Gasteiger partial charge on any atom is 0.251 e. The van der Waals surface area contributed by atoms with Crippen LogP contribution in [0.2, 0.25) is 0 Å². The fourth-order valence-electron chi connectivity index (χ4n) is 1.60. The predicted octanol–water partition coefficient (Wildman–Crippen LogP) is -0.266. The summed E-state index contributed by atoms with van der Waals surface area (Å²) < 4.78 is 1.74. The molecular weight excluding hydrogens is 246 g/mol. The molecule has 0 atom stereocenters. The van der Waals surface area contributed by atoms with Gasteiger partial charge in [0, 0.05) is 18.3 Å². The Labute approximate surface area is 110 Å². The number of nitrogens with one attached hydrogen (secondary N) is 2. The third-order valence-electron chi connectivity index (χ3n) is 2.58. The first kappa shape index (κ1) is 13.0. The van der Waals surface area contributed by atoms with Crippen LogP contribution in [0, 0.1) is 6.92 Å². The second-order valence-electron chi connectivity index (χ2n) is 4.07. The summed E-state index contributed by atoms with van der Waals surface area (Å²) in [5.74, 6) is 6.20. The lowest BCUT2D eigenvalue weighted by molar-refractivity contribution is 0.0949. The maximum absolute atomic E-state index is 12.0. The highest BCUT2D eigenvalue weighted by molar-refractivity contribution is 5.94. The summed E-state index contributed by atoms with van der Waals surface area (Å²) in [7, 11) is 1.81. The number of nitrogens with zero attached hydrogens (tertiary/aromatic N) is 4. The number of nitrogen functional groups attached to an aromatic ring is 1. The first-order chi connectivity index (χ1) is 9.10. The van der Waals surface area contributed by atoms with Gasteiger partial charge in [0.15, 0.2) is 5.82 Å². The van der Waals surface area contributed by atoms with Gasteiger partial charge in [-0.15, -0.1) is 10.2 Å². The molecule has 19 heavy (non-hydrogen) atoms. The van der Waals surface area contributed by atoms with E-state index >= 15 is 0 Å². The highest BCUT2D eigenvalue weighted by Crippen LogP contribution is 2.09. The van der Waals surface area contributed by atoms with Crippen LogP contribution in [0.5, 0.6) is 0 Å². The van der Waals surface area contributed by atoms with Gasteiger partial charge in [0.2, 0.25) is 0 Å². The molecule has 0 aromatic carbocycles. The quantitative estimate of drug-likeness (QED) is 0.516. The van der Waals surface area contributed by atoms with Gasteiger partial charge in [0.1, 0.15) is 12.1 Å². The first-order valence-electron chi connectivity index (χ1n) is 5.66. The summed E-state index contributed by atoms with van der Waals surface area (Å²) in [4.78, 5) is 16.1. The van der Waals surface area contributed by atoms with Crippen molar-refractivity contribution in [1.82, 2.24) is 25.1 Å². The van der Waals surface area contributed by atoms with E-state index in [9.17, 15) is 4.79 Å². The third kappa shape index (κ3) is 3.05. The van der Waals surface area contributed by atoms with Crippen LogP contribution in [0.25, 0.3) is 0 Å². The molecule has 0 saturated heterocycles. The molecule has 0 aliphatic heterocycles. The van der Waals surface area contributed by atoms with E-state index in [-0.39, 0.29) is 5.91 Å². The predicted molar refractivity (Wildman–Crippen MR) is 69.0 cm³/mol. The Kier molecular flexibility index (Phi) is 3.71. The van der Waals surface area contributed by atoms with Crippen molar-refractivity contribution in [2.75, 3.05) is 5.43 Å². The van der Waals surface area contributed by atoms with Crippen LogP contribution >= 0.6 is 0 Å². The van der Waals surface area contributed by atoms with Gasteiger partial charge in [-0.25, -0.2) is 10.8 Å². The number of anilines is 1. The summed E-state index contributed by atoms with van der Waals surface area (Å²) in [5.41, 5.74) is 3.62. The molecule has 2 heterocycles. The zero-order valence-electron chi connectivity index (χ0n) is 10.7. The van der Waals surface area contributed by atoms with Crippen LogP contribution < -0.4 is 16.6 Å². The number of carbonyl (C=O) groups excluding carboxylic acids is 1. The number of pyridine rings is 1. The molecule has 8 nitrogen and oxygen atoms in total. The topological polar surface area (TPSA) is 111 Å². The van der Waals surface area contributed by atoms with E-state index in [2.05, 4.69) is 25.9 Å². The minimum atomic E-state index is -0.218. The summed E-state index contributed by atoms with van der Waals surface area (Å²) in [6.45, 7) is 2.10. The van der Waals surface area contributed by atoms with Crippen molar-refractivity contribution < 1.29 is 4.79 Å². The number of rotatable bonds is 4. The lowest BCUT2D eigenvalue weighted by Gasteiger charge is -2.07. The average molecular weight is 261 g/mol. The Bertz CT molecular complexity index is 592. The normalized spacial score (nSPS) is 10.3. The van der Waals surface area contributed by atoms with Crippen LogP contribution in [0.3, 0.4) is 0 Å². The Morgan fingerprint density at radius 3 is 2.89 bits per heavy atom. The van der Waals surface area contributed by atoms with Crippen LogP contribution in [-0.4, -0.2) is 25.7 Å². The number of nitrogens with two attached hydrogens (primary N) is 1. The van der Waals surface area contributed by atoms with Crippen molar-refractivity contribution >= 4 is 11.7 Å². The molecule has 2 aromatic rings. The SMILES string of the molecule is Cc1cc(C(=O)NCc2nncn2C)cc(NN)n1. The molecule has 0 aliphatic carbocycles. The van der Waals surface area contributed by atoms with Gasteiger partial charge in [-0.05, 0) is 19.1 Å². The first-order valence-corrected chi connectivity index (χ1v) is 5.66. The fraction of sp³-hybridized carbons (Fsp3) is 0.273. The zero-order chi connectivity index (χ0) is 13.8. The smallest absolute Gasteiger partial charge is 0.251 e. The van der Waals surface area contributed by atoms with Gasteiger partial charge in [-0.1, -0.05) is 0 Å². The monoisotopic (exact) mass is 261 g/mol. The molecule has 8 heteroatoms. The molecule has 2 rings (SSSR count). The fourth-order valence-corrected chi connectivity index (χ4v) is 1.60. The molecule has 0 bridgehead atoms.